The van der Waals surface area contributed by atoms with Crippen molar-refractivity contribution in [2.75, 3.05) is 6.54 Å². The molecular formula is C14H18INO3. The molecule has 19 heavy (non-hydrogen) atoms. The Morgan fingerprint density at radius 3 is 2.63 bits per heavy atom. The largest absolute Gasteiger partial charge is 0.507 e. The van der Waals surface area contributed by atoms with Crippen molar-refractivity contribution in [3.05, 3.63) is 27.3 Å². The van der Waals surface area contributed by atoms with Gasteiger partial charge in [0.1, 0.15) is 5.75 Å². The fourth-order valence-corrected chi connectivity index (χ4v) is 2.72. The third-order valence-corrected chi connectivity index (χ3v) is 4.48. The van der Waals surface area contributed by atoms with Gasteiger partial charge in [-0.25, -0.2) is 0 Å². The van der Waals surface area contributed by atoms with E-state index in [1.54, 1.807) is 12.1 Å². The summed E-state index contributed by atoms with van der Waals surface area (Å²) in [6.45, 7) is 0.276. The molecule has 4 nitrogen and oxygen atoms in total. The van der Waals surface area contributed by atoms with Crippen molar-refractivity contribution in [3.63, 3.8) is 0 Å². The molecule has 1 aromatic rings. The van der Waals surface area contributed by atoms with Gasteiger partial charge >= 0.3 is 0 Å². The smallest absolute Gasteiger partial charge is 0.251 e. The Morgan fingerprint density at radius 1 is 1.32 bits per heavy atom. The second-order valence-corrected chi connectivity index (χ2v) is 6.30. The highest BCUT2D eigenvalue weighted by molar-refractivity contribution is 14.1. The Balaban J connectivity index is 1.95. The minimum absolute atomic E-state index is 0.102. The Hall–Kier alpha value is -0.820. The summed E-state index contributed by atoms with van der Waals surface area (Å²) in [4.78, 5) is 12.0. The van der Waals surface area contributed by atoms with Gasteiger partial charge in [-0.2, -0.15) is 0 Å². The van der Waals surface area contributed by atoms with Crippen LogP contribution in [0.5, 0.6) is 5.75 Å². The predicted octanol–water partition coefficient (Wildman–Crippen LogP) is 2.42. The van der Waals surface area contributed by atoms with E-state index in [-0.39, 0.29) is 18.2 Å². The van der Waals surface area contributed by atoms with Crippen LogP contribution in [0.25, 0.3) is 0 Å². The number of aromatic hydroxyl groups is 1. The van der Waals surface area contributed by atoms with Crippen LogP contribution < -0.4 is 5.32 Å². The summed E-state index contributed by atoms with van der Waals surface area (Å²) in [5.41, 5.74) is -0.351. The van der Waals surface area contributed by atoms with Gasteiger partial charge < -0.3 is 15.5 Å². The van der Waals surface area contributed by atoms with E-state index in [2.05, 4.69) is 5.32 Å². The van der Waals surface area contributed by atoms with Crippen LogP contribution >= 0.6 is 22.6 Å². The maximum absolute atomic E-state index is 12.0. The minimum atomic E-state index is -0.765. The molecule has 0 atom stereocenters. The van der Waals surface area contributed by atoms with Gasteiger partial charge in [0.15, 0.2) is 0 Å². The van der Waals surface area contributed by atoms with Gasteiger partial charge in [-0.15, -0.1) is 0 Å². The minimum Gasteiger partial charge on any atom is -0.507 e. The molecule has 1 saturated carbocycles. The van der Waals surface area contributed by atoms with Gasteiger partial charge in [-0.05, 0) is 53.6 Å². The first-order valence-electron chi connectivity index (χ1n) is 6.49. The fourth-order valence-electron chi connectivity index (χ4n) is 2.39. The van der Waals surface area contributed by atoms with Crippen LogP contribution in [-0.4, -0.2) is 28.3 Å². The van der Waals surface area contributed by atoms with E-state index in [0.29, 0.717) is 9.13 Å². The Bertz CT molecular complexity index is 470. The van der Waals surface area contributed by atoms with Gasteiger partial charge in [0.05, 0.1) is 9.17 Å². The average Bonchev–Trinajstić information content (AvgIpc) is 2.40. The molecule has 1 fully saturated rings. The van der Waals surface area contributed by atoms with Crippen LogP contribution in [0.3, 0.4) is 0 Å². The first kappa shape index (κ1) is 14.6. The fraction of sp³-hybridized carbons (Fsp3) is 0.500. The van der Waals surface area contributed by atoms with E-state index in [1.807, 2.05) is 22.6 Å². The number of rotatable bonds is 3. The molecule has 0 spiro atoms. The molecule has 1 amide bonds. The summed E-state index contributed by atoms with van der Waals surface area (Å²) >= 11 is 2.00. The van der Waals surface area contributed by atoms with Gasteiger partial charge in [-0.1, -0.05) is 19.3 Å². The molecule has 0 aromatic heterocycles. The molecule has 3 N–H and O–H groups in total. The number of phenolic OH excluding ortho intramolecular Hbond substituents is 1. The second kappa shape index (κ2) is 6.09. The number of halogens is 1. The topological polar surface area (TPSA) is 69.6 Å². The van der Waals surface area contributed by atoms with Gasteiger partial charge in [-0.3, -0.25) is 4.79 Å². The number of hydrogen-bond acceptors (Lipinski definition) is 3. The van der Waals surface area contributed by atoms with E-state index in [9.17, 15) is 15.0 Å². The zero-order valence-electron chi connectivity index (χ0n) is 10.7. The lowest BCUT2D eigenvalue weighted by Gasteiger charge is -2.32. The molecule has 1 aliphatic rings. The normalized spacial score (nSPS) is 18.0. The molecule has 0 bridgehead atoms. The number of amides is 1. The lowest BCUT2D eigenvalue weighted by molar-refractivity contribution is 0.00525. The Kier molecular flexibility index (Phi) is 4.67. The molecule has 0 radical (unpaired) electrons. The molecule has 1 aromatic carbocycles. The van der Waals surface area contributed by atoms with E-state index >= 15 is 0 Å². The van der Waals surface area contributed by atoms with Gasteiger partial charge in [0.2, 0.25) is 0 Å². The monoisotopic (exact) mass is 375 g/mol. The number of carbonyl (C=O) groups is 1. The Morgan fingerprint density at radius 2 is 2.00 bits per heavy atom. The quantitative estimate of drug-likeness (QED) is 0.711. The van der Waals surface area contributed by atoms with E-state index < -0.39 is 5.60 Å². The van der Waals surface area contributed by atoms with E-state index in [0.717, 1.165) is 32.1 Å². The summed E-state index contributed by atoms with van der Waals surface area (Å²) < 4.78 is 0.708. The number of phenols is 1. The van der Waals surface area contributed by atoms with E-state index in [1.165, 1.54) is 6.07 Å². The zero-order chi connectivity index (χ0) is 13.9. The highest BCUT2D eigenvalue weighted by atomic mass is 127. The molecule has 0 heterocycles. The van der Waals surface area contributed by atoms with Crippen molar-refractivity contribution in [2.45, 2.75) is 37.7 Å². The highest BCUT2D eigenvalue weighted by Crippen LogP contribution is 2.27. The molecular weight excluding hydrogens is 357 g/mol. The summed E-state index contributed by atoms with van der Waals surface area (Å²) in [6.07, 6.45) is 4.66. The molecule has 0 aliphatic heterocycles. The van der Waals surface area contributed by atoms with Crippen molar-refractivity contribution >= 4 is 28.5 Å². The van der Waals surface area contributed by atoms with Crippen LogP contribution in [0.15, 0.2) is 18.2 Å². The van der Waals surface area contributed by atoms with Crippen LogP contribution in [0.2, 0.25) is 0 Å². The van der Waals surface area contributed by atoms with Gasteiger partial charge in [0.25, 0.3) is 5.91 Å². The van der Waals surface area contributed by atoms with Crippen LogP contribution in [0, 0.1) is 3.57 Å². The van der Waals surface area contributed by atoms with Crippen molar-refractivity contribution in [3.8, 4) is 5.75 Å². The Labute approximate surface area is 126 Å². The average molecular weight is 375 g/mol. The predicted molar refractivity (Wildman–Crippen MR) is 81.2 cm³/mol. The van der Waals surface area contributed by atoms with Crippen molar-refractivity contribution in [2.24, 2.45) is 0 Å². The summed E-state index contributed by atoms with van der Waals surface area (Å²) in [7, 11) is 0. The SMILES string of the molecule is O=C(NCC1(O)CCCCC1)c1ccc(I)c(O)c1. The first-order valence-corrected chi connectivity index (χ1v) is 7.57. The number of benzene rings is 1. The summed E-state index contributed by atoms with van der Waals surface area (Å²) in [5, 5.41) is 22.6. The van der Waals surface area contributed by atoms with Crippen LogP contribution in [0.4, 0.5) is 0 Å². The lowest BCUT2D eigenvalue weighted by Crippen LogP contribution is -2.44. The zero-order valence-corrected chi connectivity index (χ0v) is 12.8. The highest BCUT2D eigenvalue weighted by Gasteiger charge is 2.29. The molecule has 104 valence electrons. The van der Waals surface area contributed by atoms with Crippen LogP contribution in [-0.2, 0) is 0 Å². The van der Waals surface area contributed by atoms with E-state index in [4.69, 9.17) is 0 Å². The van der Waals surface area contributed by atoms with Gasteiger partial charge in [0, 0.05) is 12.1 Å². The van der Waals surface area contributed by atoms with Crippen molar-refractivity contribution in [1.29, 1.82) is 0 Å². The second-order valence-electron chi connectivity index (χ2n) is 5.13. The third kappa shape index (κ3) is 3.82. The molecule has 0 unspecified atom stereocenters. The maximum Gasteiger partial charge on any atom is 0.251 e. The number of carbonyl (C=O) groups excluding carboxylic acids is 1. The van der Waals surface area contributed by atoms with Crippen molar-refractivity contribution < 1.29 is 15.0 Å². The molecule has 5 heteroatoms. The summed E-state index contributed by atoms with van der Waals surface area (Å²) in [6, 6.07) is 4.81. The molecule has 2 rings (SSSR count). The standard InChI is InChI=1S/C14H18INO3/c15-11-5-4-10(8-12(11)17)13(18)16-9-14(19)6-2-1-3-7-14/h4-5,8,17,19H,1-3,6-7,9H2,(H,16,18). The molecule has 0 saturated heterocycles. The number of nitrogens with one attached hydrogen (secondary N) is 1. The maximum atomic E-state index is 12.0. The first-order chi connectivity index (χ1) is 9.00. The summed E-state index contributed by atoms with van der Waals surface area (Å²) in [5.74, 6) is -0.157. The molecule has 1 aliphatic carbocycles. The number of hydrogen-bond donors (Lipinski definition) is 3. The van der Waals surface area contributed by atoms with Crippen LogP contribution in [0.1, 0.15) is 42.5 Å². The van der Waals surface area contributed by atoms with Crippen molar-refractivity contribution in [1.82, 2.24) is 5.32 Å². The third-order valence-electron chi connectivity index (χ3n) is 3.57. The number of aliphatic hydroxyl groups is 1. The lowest BCUT2D eigenvalue weighted by atomic mass is 9.85.